The van der Waals surface area contributed by atoms with Gasteiger partial charge < -0.3 is 20.3 Å². The van der Waals surface area contributed by atoms with Crippen LogP contribution in [0.2, 0.25) is 10.0 Å². The molecule has 0 saturated heterocycles. The minimum Gasteiger partial charge on any atom is -0.481 e. The number of nitrogens with one attached hydrogen (secondary N) is 1. The molecule has 1 aromatic carbocycles. The Morgan fingerprint density at radius 3 is 2.27 bits per heavy atom. The standard InChI is InChI=1S/C28H25Cl2N5O10/c29-16-5-1-6-17(30)24(16)26(42)45-14-21(36)18(12-23(39)40)32-25(41)20-9-8-19(15-4-2-10-31-13-15)34-27(43)33(28(44)35(20)34)11-3-7-22(37)38/h1-2,4-6,8-10,13,18-20H,3,7,11-12,14H2,(H,32,41)(H,37,38)(H,39,40)/t18-,19?,20?/m0/s1. The first kappa shape index (κ1) is 32.9. The Hall–Kier alpha value is -5.02. The number of ketones is 1. The molecular formula is C28H25Cl2N5O10. The lowest BCUT2D eigenvalue weighted by Gasteiger charge is -2.27. The van der Waals surface area contributed by atoms with Gasteiger partial charge in [0.15, 0.2) is 18.4 Å². The topological polar surface area (TPSA) is 209 Å². The predicted molar refractivity (Wildman–Crippen MR) is 156 cm³/mol. The van der Waals surface area contributed by atoms with Crippen molar-refractivity contribution in [1.82, 2.24) is 24.2 Å². The van der Waals surface area contributed by atoms with Crippen molar-refractivity contribution in [2.24, 2.45) is 0 Å². The molecule has 236 valence electrons. The summed E-state index contributed by atoms with van der Waals surface area (Å²) < 4.78 is 7.63. The van der Waals surface area contributed by atoms with Gasteiger partial charge >= 0.3 is 29.3 Å². The average molecular weight is 662 g/mol. The zero-order valence-corrected chi connectivity index (χ0v) is 24.7. The number of fused-ring (bicyclic) bond motifs is 1. The summed E-state index contributed by atoms with van der Waals surface area (Å²) in [5.41, 5.74) is -1.49. The maximum absolute atomic E-state index is 13.5. The molecule has 45 heavy (non-hydrogen) atoms. The van der Waals surface area contributed by atoms with Crippen LogP contribution < -0.4 is 16.7 Å². The van der Waals surface area contributed by atoms with E-state index in [0.29, 0.717) is 5.56 Å². The number of amides is 1. The number of benzene rings is 1. The van der Waals surface area contributed by atoms with Crippen molar-refractivity contribution >= 4 is 52.8 Å². The van der Waals surface area contributed by atoms with Gasteiger partial charge in [-0.3, -0.25) is 24.2 Å². The number of hydrogen-bond acceptors (Lipinski definition) is 9. The molecule has 2 unspecified atom stereocenters. The van der Waals surface area contributed by atoms with Crippen LogP contribution in [0, 0.1) is 0 Å². The smallest absolute Gasteiger partial charge is 0.348 e. The molecule has 1 aliphatic rings. The lowest BCUT2D eigenvalue weighted by atomic mass is 10.0. The van der Waals surface area contributed by atoms with E-state index in [-0.39, 0.29) is 35.0 Å². The molecule has 3 heterocycles. The Morgan fingerprint density at radius 2 is 1.64 bits per heavy atom. The minimum atomic E-state index is -1.71. The van der Waals surface area contributed by atoms with E-state index in [0.717, 1.165) is 13.9 Å². The molecule has 0 spiro atoms. The van der Waals surface area contributed by atoms with Crippen molar-refractivity contribution in [3.05, 3.63) is 97.0 Å². The van der Waals surface area contributed by atoms with E-state index in [2.05, 4.69) is 10.3 Å². The molecule has 1 aliphatic heterocycles. The largest absolute Gasteiger partial charge is 0.481 e. The van der Waals surface area contributed by atoms with Gasteiger partial charge in [0.1, 0.15) is 12.1 Å². The summed E-state index contributed by atoms with van der Waals surface area (Å²) in [4.78, 5) is 92.4. The summed E-state index contributed by atoms with van der Waals surface area (Å²) >= 11 is 12.0. The number of ether oxygens (including phenoxy) is 1. The van der Waals surface area contributed by atoms with Crippen LogP contribution in [0.4, 0.5) is 0 Å². The highest BCUT2D eigenvalue weighted by molar-refractivity contribution is 6.39. The van der Waals surface area contributed by atoms with Gasteiger partial charge in [-0.15, -0.1) is 0 Å². The van der Waals surface area contributed by atoms with E-state index in [1.807, 2.05) is 0 Å². The van der Waals surface area contributed by atoms with E-state index in [4.69, 9.17) is 33.0 Å². The number of hydrogen-bond donors (Lipinski definition) is 3. The Balaban J connectivity index is 1.61. The van der Waals surface area contributed by atoms with Gasteiger partial charge in [0.2, 0.25) is 5.91 Å². The van der Waals surface area contributed by atoms with Crippen LogP contribution >= 0.6 is 23.2 Å². The van der Waals surface area contributed by atoms with E-state index in [9.17, 15) is 38.7 Å². The van der Waals surface area contributed by atoms with E-state index in [1.165, 1.54) is 42.7 Å². The monoisotopic (exact) mass is 661 g/mol. The second-order valence-corrected chi connectivity index (χ2v) is 10.6. The van der Waals surface area contributed by atoms with Crippen molar-refractivity contribution in [2.45, 2.75) is 43.9 Å². The second kappa shape index (κ2) is 14.2. The SMILES string of the molecule is O=C(O)CCCn1c(=O)n2n(c1=O)C(c1cccnc1)C=CC2C(=O)N[C@@H](CC(=O)O)C(=O)COC(=O)c1c(Cl)cccc1Cl. The Kier molecular flexibility index (Phi) is 10.4. The summed E-state index contributed by atoms with van der Waals surface area (Å²) in [7, 11) is 0. The van der Waals surface area contributed by atoms with Crippen LogP contribution in [0.3, 0.4) is 0 Å². The number of carbonyl (C=O) groups is 5. The first-order valence-corrected chi connectivity index (χ1v) is 14.1. The van der Waals surface area contributed by atoms with Gasteiger partial charge in [0, 0.05) is 25.4 Å². The zero-order valence-electron chi connectivity index (χ0n) is 23.2. The fourth-order valence-corrected chi connectivity index (χ4v) is 5.21. The minimum absolute atomic E-state index is 0.0459. The van der Waals surface area contributed by atoms with Crippen molar-refractivity contribution < 1.29 is 38.9 Å². The van der Waals surface area contributed by atoms with Gasteiger partial charge in [0.25, 0.3) is 0 Å². The molecule has 0 fully saturated rings. The average Bonchev–Trinajstić information content (AvgIpc) is 3.24. The Labute approximate surface area is 263 Å². The molecule has 0 bridgehead atoms. The molecule has 1 amide bonds. The van der Waals surface area contributed by atoms with Crippen LogP contribution in [0.5, 0.6) is 0 Å². The van der Waals surface area contributed by atoms with Crippen molar-refractivity contribution in [3.8, 4) is 0 Å². The number of esters is 1. The molecular weight excluding hydrogens is 637 g/mol. The number of allylic oxidation sites excluding steroid dienone is 1. The number of carboxylic acids is 2. The lowest BCUT2D eigenvalue weighted by Crippen LogP contribution is -2.49. The maximum Gasteiger partial charge on any atom is 0.348 e. The zero-order chi connectivity index (χ0) is 32.8. The number of carbonyl (C=O) groups excluding carboxylic acids is 3. The number of pyridine rings is 1. The predicted octanol–water partition coefficient (Wildman–Crippen LogP) is 1.46. The Bertz CT molecular complexity index is 1780. The number of rotatable bonds is 13. The van der Waals surface area contributed by atoms with E-state index >= 15 is 0 Å². The van der Waals surface area contributed by atoms with E-state index < -0.39 is 72.1 Å². The van der Waals surface area contributed by atoms with Crippen LogP contribution in [-0.2, 0) is 30.5 Å². The molecule has 0 saturated carbocycles. The molecule has 0 aliphatic carbocycles. The third kappa shape index (κ3) is 7.38. The number of carboxylic acid groups (broad SMARTS) is 2. The van der Waals surface area contributed by atoms with Crippen LogP contribution in [0.15, 0.2) is 64.5 Å². The van der Waals surface area contributed by atoms with Crippen molar-refractivity contribution in [3.63, 3.8) is 0 Å². The van der Waals surface area contributed by atoms with Gasteiger partial charge in [0.05, 0.1) is 22.0 Å². The maximum atomic E-state index is 13.5. The number of nitrogens with zero attached hydrogens (tertiary/aromatic N) is 4. The fourth-order valence-electron chi connectivity index (χ4n) is 4.65. The lowest BCUT2D eigenvalue weighted by molar-refractivity contribution is -0.141. The van der Waals surface area contributed by atoms with Crippen LogP contribution in [-0.4, -0.2) is 71.4 Å². The number of Topliss-reactive ketones (excluding diaryl/α,β-unsaturated/α-hetero) is 1. The summed E-state index contributed by atoms with van der Waals surface area (Å²) in [5.74, 6) is -5.67. The summed E-state index contributed by atoms with van der Waals surface area (Å²) in [5, 5.41) is 20.6. The second-order valence-electron chi connectivity index (χ2n) is 9.76. The number of aliphatic carboxylic acids is 2. The molecule has 15 nitrogen and oxygen atoms in total. The summed E-state index contributed by atoms with van der Waals surface area (Å²) in [6.07, 6.45) is 4.45. The molecule has 0 radical (unpaired) electrons. The van der Waals surface area contributed by atoms with Crippen molar-refractivity contribution in [1.29, 1.82) is 0 Å². The first-order chi connectivity index (χ1) is 21.4. The normalized spacial score (nSPS) is 16.0. The molecule has 17 heteroatoms. The van der Waals surface area contributed by atoms with Gasteiger partial charge in [-0.2, -0.15) is 0 Å². The van der Waals surface area contributed by atoms with Gasteiger partial charge in [-0.05, 0) is 30.2 Å². The highest BCUT2D eigenvalue weighted by atomic mass is 35.5. The molecule has 4 rings (SSSR count). The highest BCUT2D eigenvalue weighted by Crippen LogP contribution is 2.26. The van der Waals surface area contributed by atoms with Crippen molar-refractivity contribution in [2.75, 3.05) is 6.61 Å². The third-order valence-electron chi connectivity index (χ3n) is 6.75. The Morgan fingerprint density at radius 1 is 0.956 bits per heavy atom. The van der Waals surface area contributed by atoms with Gasteiger partial charge in [-0.25, -0.2) is 28.3 Å². The molecule has 3 atom stereocenters. The van der Waals surface area contributed by atoms with Crippen LogP contribution in [0.25, 0.3) is 0 Å². The summed E-state index contributed by atoms with van der Waals surface area (Å²) in [6, 6.07) is 3.37. The third-order valence-corrected chi connectivity index (χ3v) is 7.38. The molecule has 3 N–H and O–H groups in total. The number of halogens is 2. The highest BCUT2D eigenvalue weighted by Gasteiger charge is 2.35. The van der Waals surface area contributed by atoms with Crippen LogP contribution in [0.1, 0.15) is 47.3 Å². The van der Waals surface area contributed by atoms with E-state index in [1.54, 1.807) is 12.1 Å². The summed E-state index contributed by atoms with van der Waals surface area (Å²) in [6.45, 7) is -1.21. The first-order valence-electron chi connectivity index (χ1n) is 13.3. The van der Waals surface area contributed by atoms with Gasteiger partial charge in [-0.1, -0.05) is 47.5 Å². The molecule has 3 aromatic rings. The quantitative estimate of drug-likeness (QED) is 0.176. The number of aromatic nitrogens is 4. The molecule has 2 aromatic heterocycles. The fraction of sp³-hybridized carbons (Fsp3) is 0.286.